The van der Waals surface area contributed by atoms with E-state index in [1.54, 1.807) is 12.1 Å². The van der Waals surface area contributed by atoms with Crippen molar-refractivity contribution in [3.05, 3.63) is 148 Å². The molecule has 0 aliphatic heterocycles. The second kappa shape index (κ2) is 15.0. The fraction of sp³-hybridized carbons (Fsp3) is 0.206. The number of rotatable bonds is 13. The third-order valence-corrected chi connectivity index (χ3v) is 6.88. The number of hydrogen-bond donors (Lipinski definition) is 1. The fourth-order valence-corrected chi connectivity index (χ4v) is 4.57. The van der Waals surface area contributed by atoms with Crippen molar-refractivity contribution in [1.82, 2.24) is 4.90 Å². The van der Waals surface area contributed by atoms with E-state index < -0.39 is 5.82 Å². The average molecular weight is 557 g/mol. The molecule has 0 radical (unpaired) electrons. The molecule has 6 heteroatoms. The predicted octanol–water partition coefficient (Wildman–Crippen LogP) is 7.39. The molecule has 4 aromatic carbocycles. The summed E-state index contributed by atoms with van der Waals surface area (Å²) in [6.45, 7) is 2.03. The Balaban J connectivity index is 1.40. The summed E-state index contributed by atoms with van der Waals surface area (Å²) in [5.41, 5.74) is 10.7. The van der Waals surface area contributed by atoms with E-state index in [9.17, 15) is 9.18 Å². The van der Waals surface area contributed by atoms with Crippen molar-refractivity contribution >= 4 is 17.5 Å². The van der Waals surface area contributed by atoms with Gasteiger partial charge in [-0.25, -0.2) is 4.39 Å². The highest BCUT2D eigenvalue weighted by molar-refractivity contribution is 6.30. The van der Waals surface area contributed by atoms with Crippen LogP contribution in [0.15, 0.2) is 109 Å². The maximum absolute atomic E-state index is 13.5. The molecule has 0 aromatic heterocycles. The Bertz CT molecular complexity index is 1410. The SMILES string of the molecule is NCCCN(Cc1ccccc1C/C=C/Cc1ccc(F)c(Cl)c1)C(=O)c1ccc(OCc2ccccc2)cc1. The minimum atomic E-state index is -0.413. The van der Waals surface area contributed by atoms with E-state index in [0.717, 1.165) is 28.7 Å². The lowest BCUT2D eigenvalue weighted by Crippen LogP contribution is -2.32. The van der Waals surface area contributed by atoms with E-state index in [2.05, 4.69) is 24.3 Å². The van der Waals surface area contributed by atoms with Crippen molar-refractivity contribution in [1.29, 1.82) is 0 Å². The van der Waals surface area contributed by atoms with Crippen LogP contribution in [0, 0.1) is 5.82 Å². The standard InChI is InChI=1S/C34H34ClFN2O2/c35-32-23-26(15-20-33(32)36)9-4-5-12-28-13-6-7-14-30(28)24-38(22-8-21-37)34(39)29-16-18-31(19-17-29)40-25-27-10-2-1-3-11-27/h1-7,10-11,13-20,23H,8-9,12,21-22,24-25,37H2/b5-4+. The second-order valence-electron chi connectivity index (χ2n) is 9.56. The number of benzene rings is 4. The summed E-state index contributed by atoms with van der Waals surface area (Å²) < 4.78 is 19.3. The molecular weight excluding hydrogens is 523 g/mol. The van der Waals surface area contributed by atoms with E-state index in [4.69, 9.17) is 22.1 Å². The largest absolute Gasteiger partial charge is 0.489 e. The summed E-state index contributed by atoms with van der Waals surface area (Å²) in [6, 6.07) is 30.2. The number of hydrogen-bond acceptors (Lipinski definition) is 3. The first kappa shape index (κ1) is 29.1. The number of amides is 1. The van der Waals surface area contributed by atoms with Gasteiger partial charge in [-0.2, -0.15) is 0 Å². The minimum absolute atomic E-state index is 0.0402. The number of nitrogens with zero attached hydrogens (tertiary/aromatic N) is 1. The van der Waals surface area contributed by atoms with Gasteiger partial charge in [-0.15, -0.1) is 0 Å². The molecular formula is C34H34ClFN2O2. The lowest BCUT2D eigenvalue weighted by atomic mass is 10.0. The number of ether oxygens (including phenoxy) is 1. The third kappa shape index (κ3) is 8.54. The van der Waals surface area contributed by atoms with Gasteiger partial charge in [-0.1, -0.05) is 84.4 Å². The monoisotopic (exact) mass is 556 g/mol. The Labute approximate surface area is 240 Å². The quantitative estimate of drug-likeness (QED) is 0.175. The summed E-state index contributed by atoms with van der Waals surface area (Å²) in [5.74, 6) is 0.264. The molecule has 4 aromatic rings. The van der Waals surface area contributed by atoms with E-state index >= 15 is 0 Å². The summed E-state index contributed by atoms with van der Waals surface area (Å²) in [5, 5.41) is 0.132. The van der Waals surface area contributed by atoms with Gasteiger partial charge >= 0.3 is 0 Å². The van der Waals surface area contributed by atoms with Gasteiger partial charge in [0.05, 0.1) is 5.02 Å². The summed E-state index contributed by atoms with van der Waals surface area (Å²) in [4.78, 5) is 15.4. The molecule has 40 heavy (non-hydrogen) atoms. The highest BCUT2D eigenvalue weighted by Crippen LogP contribution is 2.20. The smallest absolute Gasteiger partial charge is 0.254 e. The molecule has 0 heterocycles. The molecule has 0 aliphatic carbocycles. The predicted molar refractivity (Wildman–Crippen MR) is 160 cm³/mol. The zero-order valence-corrected chi connectivity index (χ0v) is 23.2. The topological polar surface area (TPSA) is 55.6 Å². The van der Waals surface area contributed by atoms with Gasteiger partial charge in [-0.05, 0) is 84.5 Å². The zero-order chi connectivity index (χ0) is 28.2. The zero-order valence-electron chi connectivity index (χ0n) is 22.4. The fourth-order valence-electron chi connectivity index (χ4n) is 4.36. The van der Waals surface area contributed by atoms with Crippen LogP contribution in [-0.4, -0.2) is 23.9 Å². The van der Waals surface area contributed by atoms with Crippen LogP contribution in [0.2, 0.25) is 5.02 Å². The Kier molecular flexibility index (Phi) is 10.9. The molecule has 4 rings (SSSR count). The molecule has 0 saturated heterocycles. The Morgan fingerprint density at radius 2 is 1.55 bits per heavy atom. The molecule has 0 atom stereocenters. The lowest BCUT2D eigenvalue weighted by Gasteiger charge is -2.24. The van der Waals surface area contributed by atoms with Gasteiger partial charge < -0.3 is 15.4 Å². The molecule has 0 fully saturated rings. The van der Waals surface area contributed by atoms with Crippen molar-refractivity contribution in [2.45, 2.75) is 32.4 Å². The van der Waals surface area contributed by atoms with Crippen LogP contribution in [0.1, 0.15) is 39.0 Å². The maximum Gasteiger partial charge on any atom is 0.254 e. The molecule has 0 saturated carbocycles. The van der Waals surface area contributed by atoms with E-state index in [0.29, 0.717) is 50.4 Å². The van der Waals surface area contributed by atoms with Crippen molar-refractivity contribution < 1.29 is 13.9 Å². The summed E-state index contributed by atoms with van der Waals surface area (Å²) in [6.07, 6.45) is 6.24. The van der Waals surface area contributed by atoms with Crippen molar-refractivity contribution in [3.8, 4) is 5.75 Å². The number of halogens is 2. The molecule has 0 bridgehead atoms. The molecule has 0 spiro atoms. The van der Waals surface area contributed by atoms with Gasteiger partial charge in [0, 0.05) is 18.7 Å². The summed E-state index contributed by atoms with van der Waals surface area (Å²) in [7, 11) is 0. The van der Waals surface area contributed by atoms with Gasteiger partial charge in [0.15, 0.2) is 0 Å². The van der Waals surface area contributed by atoms with Crippen LogP contribution in [0.4, 0.5) is 4.39 Å². The number of allylic oxidation sites excluding steroid dienone is 2. The maximum atomic E-state index is 13.5. The molecule has 0 unspecified atom stereocenters. The van der Waals surface area contributed by atoms with Crippen LogP contribution in [0.3, 0.4) is 0 Å². The summed E-state index contributed by atoms with van der Waals surface area (Å²) >= 11 is 5.90. The Hall–Kier alpha value is -3.93. The first-order valence-corrected chi connectivity index (χ1v) is 13.8. The van der Waals surface area contributed by atoms with E-state index in [1.807, 2.05) is 71.6 Å². The van der Waals surface area contributed by atoms with Crippen molar-refractivity contribution in [2.75, 3.05) is 13.1 Å². The van der Waals surface area contributed by atoms with Gasteiger partial charge in [0.2, 0.25) is 0 Å². The van der Waals surface area contributed by atoms with E-state index in [1.165, 1.54) is 6.07 Å². The molecule has 2 N–H and O–H groups in total. The molecule has 4 nitrogen and oxygen atoms in total. The Morgan fingerprint density at radius 1 is 0.850 bits per heavy atom. The van der Waals surface area contributed by atoms with Crippen LogP contribution < -0.4 is 10.5 Å². The number of carbonyl (C=O) groups excluding carboxylic acids is 1. The van der Waals surface area contributed by atoms with Gasteiger partial charge in [0.25, 0.3) is 5.91 Å². The van der Waals surface area contributed by atoms with Crippen LogP contribution >= 0.6 is 11.6 Å². The molecule has 0 aliphatic rings. The second-order valence-corrected chi connectivity index (χ2v) is 9.97. The minimum Gasteiger partial charge on any atom is -0.489 e. The molecule has 1 amide bonds. The first-order chi connectivity index (χ1) is 19.5. The molecule has 206 valence electrons. The van der Waals surface area contributed by atoms with E-state index in [-0.39, 0.29) is 10.9 Å². The number of carbonyl (C=O) groups is 1. The van der Waals surface area contributed by atoms with Crippen LogP contribution in [-0.2, 0) is 26.0 Å². The first-order valence-electron chi connectivity index (χ1n) is 13.5. The van der Waals surface area contributed by atoms with Crippen LogP contribution in [0.5, 0.6) is 5.75 Å². The lowest BCUT2D eigenvalue weighted by molar-refractivity contribution is 0.0742. The van der Waals surface area contributed by atoms with Crippen molar-refractivity contribution in [2.24, 2.45) is 5.73 Å². The average Bonchev–Trinajstić information content (AvgIpc) is 2.99. The van der Waals surface area contributed by atoms with Crippen LogP contribution in [0.25, 0.3) is 0 Å². The number of nitrogens with two attached hydrogens (primary N) is 1. The Morgan fingerprint density at radius 3 is 2.27 bits per heavy atom. The highest BCUT2D eigenvalue weighted by atomic mass is 35.5. The third-order valence-electron chi connectivity index (χ3n) is 6.59. The highest BCUT2D eigenvalue weighted by Gasteiger charge is 2.17. The van der Waals surface area contributed by atoms with Gasteiger partial charge in [0.1, 0.15) is 18.2 Å². The normalized spacial score (nSPS) is 11.1. The van der Waals surface area contributed by atoms with Crippen molar-refractivity contribution in [3.63, 3.8) is 0 Å². The van der Waals surface area contributed by atoms with Gasteiger partial charge in [-0.3, -0.25) is 4.79 Å².